The average molecular weight is 312 g/mol. The van der Waals surface area contributed by atoms with Crippen molar-refractivity contribution in [2.45, 2.75) is 32.2 Å². The van der Waals surface area contributed by atoms with Gasteiger partial charge in [-0.2, -0.15) is 5.10 Å². The van der Waals surface area contributed by atoms with Gasteiger partial charge < -0.3 is 10.2 Å². The summed E-state index contributed by atoms with van der Waals surface area (Å²) in [5.74, 6) is 0.307. The quantitative estimate of drug-likeness (QED) is 0.833. The van der Waals surface area contributed by atoms with Crippen molar-refractivity contribution in [2.24, 2.45) is 0 Å². The van der Waals surface area contributed by atoms with Crippen LogP contribution in [0.5, 0.6) is 0 Å². The van der Waals surface area contributed by atoms with Gasteiger partial charge in [0, 0.05) is 44.4 Å². The molecule has 1 aromatic heterocycles. The summed E-state index contributed by atoms with van der Waals surface area (Å²) in [6.07, 6.45) is 7.99. The topological polar surface area (TPSA) is 50.2 Å². The lowest BCUT2D eigenvalue weighted by Gasteiger charge is -2.20. The molecule has 1 amide bonds. The molecule has 5 heteroatoms. The van der Waals surface area contributed by atoms with Gasteiger partial charge in [0.05, 0.1) is 11.9 Å². The van der Waals surface area contributed by atoms with Gasteiger partial charge in [0.2, 0.25) is 5.91 Å². The Kier molecular flexibility index (Phi) is 5.42. The molecule has 1 saturated heterocycles. The minimum absolute atomic E-state index is 0.307. The van der Waals surface area contributed by atoms with Crippen molar-refractivity contribution < 1.29 is 4.79 Å². The molecule has 23 heavy (non-hydrogen) atoms. The Bertz CT molecular complexity index is 623. The van der Waals surface area contributed by atoms with Crippen LogP contribution in [0.4, 0.5) is 0 Å². The van der Waals surface area contributed by atoms with Crippen LogP contribution in [0.2, 0.25) is 0 Å². The second kappa shape index (κ2) is 7.92. The molecule has 0 unspecified atom stereocenters. The predicted molar refractivity (Wildman–Crippen MR) is 90.3 cm³/mol. The Morgan fingerprint density at radius 2 is 2.00 bits per heavy atom. The summed E-state index contributed by atoms with van der Waals surface area (Å²) in [6, 6.07) is 10.1. The molecule has 1 N–H and O–H groups in total. The lowest BCUT2D eigenvalue weighted by molar-refractivity contribution is -0.130. The molecular weight excluding hydrogens is 288 g/mol. The van der Waals surface area contributed by atoms with Crippen LogP contribution in [0.3, 0.4) is 0 Å². The Morgan fingerprint density at radius 1 is 1.13 bits per heavy atom. The zero-order chi connectivity index (χ0) is 15.9. The zero-order valence-corrected chi connectivity index (χ0v) is 13.4. The summed E-state index contributed by atoms with van der Waals surface area (Å²) < 4.78 is 1.88. The molecular formula is C18H24N4O. The van der Waals surface area contributed by atoms with Crippen molar-refractivity contribution in [1.29, 1.82) is 0 Å². The summed E-state index contributed by atoms with van der Waals surface area (Å²) >= 11 is 0. The Morgan fingerprint density at radius 3 is 2.87 bits per heavy atom. The molecule has 2 heterocycles. The maximum atomic E-state index is 11.9. The molecule has 3 rings (SSSR count). The lowest BCUT2D eigenvalue weighted by atomic mass is 10.2. The number of hydrogen-bond acceptors (Lipinski definition) is 3. The van der Waals surface area contributed by atoms with Gasteiger partial charge in [-0.1, -0.05) is 24.6 Å². The summed E-state index contributed by atoms with van der Waals surface area (Å²) in [5, 5.41) is 7.80. The fourth-order valence-electron chi connectivity index (χ4n) is 2.90. The summed E-state index contributed by atoms with van der Waals surface area (Å²) in [5.41, 5.74) is 2.21. The van der Waals surface area contributed by atoms with E-state index in [2.05, 4.69) is 10.4 Å². The fraction of sp³-hybridized carbons (Fsp3) is 0.444. The maximum absolute atomic E-state index is 11.9. The number of para-hydroxylation sites is 1. The van der Waals surface area contributed by atoms with E-state index in [1.807, 2.05) is 52.3 Å². The average Bonchev–Trinajstić information content (AvgIpc) is 2.96. The van der Waals surface area contributed by atoms with Gasteiger partial charge >= 0.3 is 0 Å². The smallest absolute Gasteiger partial charge is 0.222 e. The second-order valence-corrected chi connectivity index (χ2v) is 6.00. The van der Waals surface area contributed by atoms with Crippen molar-refractivity contribution in [3.8, 4) is 5.69 Å². The first-order valence-electron chi connectivity index (χ1n) is 8.40. The van der Waals surface area contributed by atoms with Gasteiger partial charge in [-0.15, -0.1) is 0 Å². The van der Waals surface area contributed by atoms with E-state index in [4.69, 9.17) is 0 Å². The highest BCUT2D eigenvalue weighted by atomic mass is 16.2. The molecule has 122 valence electrons. The van der Waals surface area contributed by atoms with E-state index in [1.54, 1.807) is 0 Å². The third-order valence-corrected chi connectivity index (χ3v) is 4.22. The highest BCUT2D eigenvalue weighted by molar-refractivity contribution is 5.76. The Hall–Kier alpha value is -2.14. The van der Waals surface area contributed by atoms with Crippen LogP contribution < -0.4 is 5.32 Å². The van der Waals surface area contributed by atoms with E-state index in [0.29, 0.717) is 12.3 Å². The zero-order valence-electron chi connectivity index (χ0n) is 13.4. The largest absolute Gasteiger partial charge is 0.341 e. The van der Waals surface area contributed by atoms with Crippen LogP contribution in [0, 0.1) is 0 Å². The lowest BCUT2D eigenvalue weighted by Crippen LogP contribution is -2.36. The molecule has 0 aliphatic carbocycles. The molecule has 0 radical (unpaired) electrons. The first-order valence-corrected chi connectivity index (χ1v) is 8.40. The molecule has 1 aliphatic rings. The molecule has 0 saturated carbocycles. The number of hydrogen-bond donors (Lipinski definition) is 1. The number of carbonyl (C=O) groups excluding carboxylic acids is 1. The van der Waals surface area contributed by atoms with Gasteiger partial charge in [-0.25, -0.2) is 4.68 Å². The third kappa shape index (κ3) is 4.42. The molecule has 0 spiro atoms. The highest BCUT2D eigenvalue weighted by Crippen LogP contribution is 2.10. The van der Waals surface area contributed by atoms with Crippen molar-refractivity contribution in [3.05, 3.63) is 48.3 Å². The van der Waals surface area contributed by atoms with E-state index in [1.165, 1.54) is 6.42 Å². The maximum Gasteiger partial charge on any atom is 0.222 e. The van der Waals surface area contributed by atoms with Crippen molar-refractivity contribution in [3.63, 3.8) is 0 Å². The van der Waals surface area contributed by atoms with Crippen molar-refractivity contribution in [1.82, 2.24) is 20.0 Å². The Labute approximate surface area is 137 Å². The summed E-state index contributed by atoms with van der Waals surface area (Å²) in [7, 11) is 0. The van der Waals surface area contributed by atoms with E-state index in [9.17, 15) is 4.79 Å². The van der Waals surface area contributed by atoms with Gasteiger partial charge in [0.15, 0.2) is 0 Å². The molecule has 1 aliphatic heterocycles. The fourth-order valence-corrected chi connectivity index (χ4v) is 2.90. The Balaban J connectivity index is 1.44. The van der Waals surface area contributed by atoms with Crippen molar-refractivity contribution in [2.75, 3.05) is 19.6 Å². The summed E-state index contributed by atoms with van der Waals surface area (Å²) in [6.45, 7) is 3.30. The van der Waals surface area contributed by atoms with E-state index in [0.717, 1.165) is 50.3 Å². The standard InChI is InChI=1S/C18H24N4O/c23-18-9-5-2-6-11-21(18)12-10-19-13-16-14-20-22(15-16)17-7-3-1-4-8-17/h1,3-4,7-8,14-15,19H,2,5-6,9-13H2. The van der Waals surface area contributed by atoms with Crippen LogP contribution in [0.15, 0.2) is 42.7 Å². The van der Waals surface area contributed by atoms with Crippen molar-refractivity contribution >= 4 is 5.91 Å². The molecule has 0 bridgehead atoms. The van der Waals surface area contributed by atoms with Gasteiger partial charge in [-0.05, 0) is 25.0 Å². The molecule has 1 fully saturated rings. The number of amides is 1. The molecule has 2 aromatic rings. The van der Waals surface area contributed by atoms with E-state index < -0.39 is 0 Å². The molecule has 5 nitrogen and oxygen atoms in total. The molecule has 0 atom stereocenters. The van der Waals surface area contributed by atoms with Crippen LogP contribution in [-0.4, -0.2) is 40.2 Å². The monoisotopic (exact) mass is 312 g/mol. The first-order chi connectivity index (χ1) is 11.3. The number of likely N-dealkylation sites (tertiary alicyclic amines) is 1. The van der Waals surface area contributed by atoms with E-state index >= 15 is 0 Å². The van der Waals surface area contributed by atoms with E-state index in [-0.39, 0.29) is 0 Å². The minimum Gasteiger partial charge on any atom is -0.341 e. The number of rotatable bonds is 6. The second-order valence-electron chi connectivity index (χ2n) is 6.00. The number of carbonyl (C=O) groups is 1. The molecule has 1 aromatic carbocycles. The van der Waals surface area contributed by atoms with Gasteiger partial charge in [0.25, 0.3) is 0 Å². The normalized spacial score (nSPS) is 15.7. The van der Waals surface area contributed by atoms with Crippen LogP contribution in [0.25, 0.3) is 5.69 Å². The number of benzene rings is 1. The predicted octanol–water partition coefficient (Wildman–Crippen LogP) is 2.36. The number of aromatic nitrogens is 2. The van der Waals surface area contributed by atoms with Crippen LogP contribution in [-0.2, 0) is 11.3 Å². The first kappa shape index (κ1) is 15.7. The van der Waals surface area contributed by atoms with Gasteiger partial charge in [-0.3, -0.25) is 4.79 Å². The summed E-state index contributed by atoms with van der Waals surface area (Å²) in [4.78, 5) is 13.9. The third-order valence-electron chi connectivity index (χ3n) is 4.22. The highest BCUT2D eigenvalue weighted by Gasteiger charge is 2.15. The number of nitrogens with one attached hydrogen (secondary N) is 1. The number of nitrogens with zero attached hydrogens (tertiary/aromatic N) is 3. The van der Waals surface area contributed by atoms with Gasteiger partial charge in [0.1, 0.15) is 0 Å². The minimum atomic E-state index is 0.307. The SMILES string of the molecule is O=C1CCCCCN1CCNCc1cnn(-c2ccccc2)c1. The van der Waals surface area contributed by atoms with Crippen LogP contribution >= 0.6 is 0 Å². The van der Waals surface area contributed by atoms with Crippen LogP contribution in [0.1, 0.15) is 31.2 Å².